The van der Waals surface area contributed by atoms with Crippen molar-refractivity contribution >= 4 is 44.2 Å². The highest BCUT2D eigenvalue weighted by Crippen LogP contribution is 2.33. The summed E-state index contributed by atoms with van der Waals surface area (Å²) >= 11 is 7.78. The molecule has 0 bridgehead atoms. The molecular weight excluding hydrogens is 390 g/mol. The number of aromatic nitrogens is 1. The fraction of sp³-hybridized carbons (Fsp3) is 0.364. The molecule has 0 unspecified atom stereocenters. The number of hydrogen-bond acceptors (Lipinski definition) is 4. The van der Waals surface area contributed by atoms with Gasteiger partial charge in [0.1, 0.15) is 5.52 Å². The minimum Gasteiger partial charge on any atom is -0.308 e. The SMILES string of the molecule is CN(C)CCN(C(=O)c1ccc(C(C)(C)C)cc1)c1nc2c(Cl)cccc2s1. The fourth-order valence-electron chi connectivity index (χ4n) is 2.87. The first-order valence-electron chi connectivity index (χ1n) is 9.29. The average molecular weight is 416 g/mol. The smallest absolute Gasteiger partial charge is 0.260 e. The van der Waals surface area contributed by atoms with E-state index in [0.717, 1.165) is 16.8 Å². The van der Waals surface area contributed by atoms with Crippen molar-refractivity contribution in [3.63, 3.8) is 0 Å². The number of carbonyl (C=O) groups is 1. The zero-order valence-corrected chi connectivity index (χ0v) is 18.6. The topological polar surface area (TPSA) is 36.4 Å². The number of para-hydroxylation sites is 1. The normalized spacial score (nSPS) is 12.0. The van der Waals surface area contributed by atoms with Crippen molar-refractivity contribution in [1.29, 1.82) is 0 Å². The summed E-state index contributed by atoms with van der Waals surface area (Å²) in [5, 5.41) is 1.28. The van der Waals surface area contributed by atoms with Crippen molar-refractivity contribution in [3.8, 4) is 0 Å². The molecule has 0 fully saturated rings. The third kappa shape index (κ3) is 4.54. The zero-order chi connectivity index (χ0) is 20.5. The van der Waals surface area contributed by atoms with E-state index in [9.17, 15) is 4.79 Å². The second kappa shape index (κ2) is 8.19. The summed E-state index contributed by atoms with van der Waals surface area (Å²) in [5.74, 6) is -0.0440. The molecule has 0 aliphatic carbocycles. The van der Waals surface area contributed by atoms with Gasteiger partial charge in [0.25, 0.3) is 5.91 Å². The number of hydrogen-bond donors (Lipinski definition) is 0. The van der Waals surface area contributed by atoms with E-state index >= 15 is 0 Å². The van der Waals surface area contributed by atoms with E-state index in [-0.39, 0.29) is 11.3 Å². The van der Waals surface area contributed by atoms with Gasteiger partial charge >= 0.3 is 0 Å². The second-order valence-corrected chi connectivity index (χ2v) is 9.59. The van der Waals surface area contributed by atoms with Crippen LogP contribution in [0.1, 0.15) is 36.7 Å². The molecule has 0 saturated heterocycles. The van der Waals surface area contributed by atoms with Gasteiger partial charge in [-0.1, -0.05) is 61.9 Å². The monoisotopic (exact) mass is 415 g/mol. The van der Waals surface area contributed by atoms with Crippen molar-refractivity contribution in [3.05, 3.63) is 58.6 Å². The van der Waals surface area contributed by atoms with Crippen molar-refractivity contribution < 1.29 is 4.79 Å². The molecule has 1 aromatic heterocycles. The minimum absolute atomic E-state index is 0.0440. The maximum absolute atomic E-state index is 13.3. The summed E-state index contributed by atoms with van der Waals surface area (Å²) in [4.78, 5) is 21.8. The summed E-state index contributed by atoms with van der Waals surface area (Å²) in [6.07, 6.45) is 0. The molecule has 0 spiro atoms. The molecule has 28 heavy (non-hydrogen) atoms. The van der Waals surface area contributed by atoms with Crippen LogP contribution in [0.4, 0.5) is 5.13 Å². The lowest BCUT2D eigenvalue weighted by atomic mass is 9.86. The molecule has 1 amide bonds. The lowest BCUT2D eigenvalue weighted by Gasteiger charge is -2.23. The van der Waals surface area contributed by atoms with Crippen LogP contribution < -0.4 is 4.90 Å². The molecule has 0 aliphatic rings. The van der Waals surface area contributed by atoms with Gasteiger partial charge in [-0.15, -0.1) is 0 Å². The lowest BCUT2D eigenvalue weighted by molar-refractivity contribution is 0.0985. The molecule has 3 aromatic rings. The van der Waals surface area contributed by atoms with Crippen LogP contribution in [-0.2, 0) is 5.41 Å². The van der Waals surface area contributed by atoms with Crippen LogP contribution in [0.15, 0.2) is 42.5 Å². The second-order valence-electron chi connectivity index (χ2n) is 8.17. The highest BCUT2D eigenvalue weighted by molar-refractivity contribution is 7.22. The van der Waals surface area contributed by atoms with Crippen molar-refractivity contribution in [2.24, 2.45) is 0 Å². The molecule has 0 saturated carbocycles. The summed E-state index contributed by atoms with van der Waals surface area (Å²) in [6.45, 7) is 7.80. The van der Waals surface area contributed by atoms with Gasteiger partial charge in [-0.2, -0.15) is 0 Å². The Bertz CT molecular complexity index is 974. The Balaban J connectivity index is 1.96. The van der Waals surface area contributed by atoms with Gasteiger partial charge in [-0.05, 0) is 49.3 Å². The fourth-order valence-corrected chi connectivity index (χ4v) is 4.16. The Morgan fingerprint density at radius 3 is 2.32 bits per heavy atom. The Morgan fingerprint density at radius 1 is 1.07 bits per heavy atom. The number of fused-ring (bicyclic) bond motifs is 1. The minimum atomic E-state index is -0.0440. The van der Waals surface area contributed by atoms with Gasteiger partial charge in [-0.3, -0.25) is 9.69 Å². The molecule has 6 heteroatoms. The van der Waals surface area contributed by atoms with Gasteiger partial charge in [0.2, 0.25) is 0 Å². The zero-order valence-electron chi connectivity index (χ0n) is 17.0. The Morgan fingerprint density at radius 2 is 1.75 bits per heavy atom. The number of anilines is 1. The molecule has 1 heterocycles. The van der Waals surface area contributed by atoms with E-state index in [1.807, 2.05) is 56.6 Å². The number of thiazole rings is 1. The van der Waals surface area contributed by atoms with Gasteiger partial charge in [0.15, 0.2) is 5.13 Å². The Labute approximate surface area is 175 Å². The molecular formula is C22H26ClN3OS. The maximum atomic E-state index is 13.3. The Hall–Kier alpha value is -1.95. The summed E-state index contributed by atoms with van der Waals surface area (Å²) in [5.41, 5.74) is 2.67. The molecule has 0 atom stereocenters. The van der Waals surface area contributed by atoms with Crippen LogP contribution >= 0.6 is 22.9 Å². The number of nitrogens with zero attached hydrogens (tertiary/aromatic N) is 3. The summed E-state index contributed by atoms with van der Waals surface area (Å²) in [6, 6.07) is 13.6. The molecule has 0 radical (unpaired) electrons. The first-order chi connectivity index (χ1) is 13.2. The maximum Gasteiger partial charge on any atom is 0.260 e. The largest absolute Gasteiger partial charge is 0.308 e. The Kier molecular flexibility index (Phi) is 6.08. The summed E-state index contributed by atoms with van der Waals surface area (Å²) < 4.78 is 0.980. The van der Waals surface area contributed by atoms with Crippen molar-refractivity contribution in [2.45, 2.75) is 26.2 Å². The van der Waals surface area contributed by atoms with Crippen LogP contribution in [0.5, 0.6) is 0 Å². The van der Waals surface area contributed by atoms with Crippen LogP contribution in [0, 0.1) is 0 Å². The number of likely N-dealkylation sites (N-methyl/N-ethyl adjacent to an activating group) is 1. The lowest BCUT2D eigenvalue weighted by Crippen LogP contribution is -2.36. The first kappa shape index (κ1) is 20.8. The number of benzene rings is 2. The van der Waals surface area contributed by atoms with Crippen LogP contribution in [0.2, 0.25) is 5.02 Å². The van der Waals surface area contributed by atoms with Crippen LogP contribution in [0.25, 0.3) is 10.2 Å². The van der Waals surface area contributed by atoms with Crippen molar-refractivity contribution in [1.82, 2.24) is 9.88 Å². The number of carbonyl (C=O) groups excluding carboxylic acids is 1. The third-order valence-electron chi connectivity index (χ3n) is 4.60. The molecule has 0 aliphatic heterocycles. The van der Waals surface area contributed by atoms with Crippen LogP contribution in [-0.4, -0.2) is 43.0 Å². The number of rotatable bonds is 5. The molecule has 2 aromatic carbocycles. The van der Waals surface area contributed by atoms with Gasteiger partial charge < -0.3 is 4.90 Å². The van der Waals surface area contributed by atoms with E-state index in [2.05, 4.69) is 30.7 Å². The first-order valence-corrected chi connectivity index (χ1v) is 10.5. The van der Waals surface area contributed by atoms with E-state index in [1.165, 1.54) is 16.9 Å². The number of amides is 1. The highest BCUT2D eigenvalue weighted by atomic mass is 35.5. The van der Waals surface area contributed by atoms with E-state index in [0.29, 0.717) is 22.3 Å². The van der Waals surface area contributed by atoms with Gasteiger partial charge in [0.05, 0.1) is 9.72 Å². The molecule has 3 rings (SSSR count). The summed E-state index contributed by atoms with van der Waals surface area (Å²) in [7, 11) is 3.99. The quantitative estimate of drug-likeness (QED) is 0.555. The van der Waals surface area contributed by atoms with E-state index in [4.69, 9.17) is 11.6 Å². The highest BCUT2D eigenvalue weighted by Gasteiger charge is 2.23. The van der Waals surface area contributed by atoms with Crippen LogP contribution in [0.3, 0.4) is 0 Å². The van der Waals surface area contributed by atoms with E-state index < -0.39 is 0 Å². The predicted octanol–water partition coefficient (Wildman–Crippen LogP) is 5.46. The van der Waals surface area contributed by atoms with Crippen molar-refractivity contribution in [2.75, 3.05) is 32.1 Å². The molecule has 148 valence electrons. The van der Waals surface area contributed by atoms with Gasteiger partial charge in [-0.25, -0.2) is 4.98 Å². The molecule has 4 nitrogen and oxygen atoms in total. The molecule has 0 N–H and O–H groups in total. The average Bonchev–Trinajstić information content (AvgIpc) is 3.06. The van der Waals surface area contributed by atoms with Gasteiger partial charge in [0, 0.05) is 18.7 Å². The third-order valence-corrected chi connectivity index (χ3v) is 5.95. The number of halogens is 1. The van der Waals surface area contributed by atoms with E-state index in [1.54, 1.807) is 4.90 Å². The standard InChI is InChI=1S/C22H26ClN3OS/c1-22(2,3)16-11-9-15(10-12-16)20(27)26(14-13-25(4)5)21-24-19-17(23)7-6-8-18(19)28-21/h6-12H,13-14H2,1-5H3. The predicted molar refractivity (Wildman–Crippen MR) is 120 cm³/mol.